The molecule has 0 saturated carbocycles. The third kappa shape index (κ3) is 3.93. The van der Waals surface area contributed by atoms with Crippen molar-refractivity contribution >= 4 is 11.6 Å². The number of aliphatic hydroxyl groups is 4. The van der Waals surface area contributed by atoms with Crippen molar-refractivity contribution in [2.75, 3.05) is 13.2 Å². The Bertz CT molecular complexity index is 849. The molecule has 1 unspecified atom stereocenters. The van der Waals surface area contributed by atoms with Gasteiger partial charge in [-0.25, -0.2) is 0 Å². The number of halogens is 1. The molecule has 6 nitrogen and oxygen atoms in total. The summed E-state index contributed by atoms with van der Waals surface area (Å²) in [5.41, 5.74) is 3.54. The molecule has 30 heavy (non-hydrogen) atoms. The van der Waals surface area contributed by atoms with Crippen molar-refractivity contribution in [3.8, 4) is 5.75 Å². The normalized spacial score (nSPS) is 33.2. The lowest BCUT2D eigenvalue weighted by atomic mass is 9.87. The zero-order valence-electron chi connectivity index (χ0n) is 17.0. The first-order chi connectivity index (χ1) is 14.4. The van der Waals surface area contributed by atoms with Crippen molar-refractivity contribution in [2.24, 2.45) is 5.92 Å². The number of fused-ring (bicyclic) bond motifs is 1. The Morgan fingerprint density at radius 2 is 1.97 bits per heavy atom. The summed E-state index contributed by atoms with van der Waals surface area (Å²) >= 11 is 6.72. The fourth-order valence-electron chi connectivity index (χ4n) is 4.49. The minimum Gasteiger partial charge on any atom is -0.493 e. The van der Waals surface area contributed by atoms with E-state index in [-0.39, 0.29) is 0 Å². The molecule has 0 bridgehead atoms. The van der Waals surface area contributed by atoms with E-state index in [0.717, 1.165) is 24.0 Å². The van der Waals surface area contributed by atoms with Crippen LogP contribution in [0.3, 0.4) is 0 Å². The first-order valence-electron chi connectivity index (χ1n) is 10.6. The number of ether oxygens (including phenoxy) is 2. The fraction of sp³-hybridized carbons (Fsp3) is 0.565. The second-order valence-corrected chi connectivity index (χ2v) is 8.69. The van der Waals surface area contributed by atoms with E-state index in [0.29, 0.717) is 41.7 Å². The first-order valence-corrected chi connectivity index (χ1v) is 11.0. The van der Waals surface area contributed by atoms with Gasteiger partial charge in [-0.15, -0.1) is 0 Å². The van der Waals surface area contributed by atoms with Crippen LogP contribution in [0.25, 0.3) is 0 Å². The van der Waals surface area contributed by atoms with E-state index in [1.165, 1.54) is 5.57 Å². The Kier molecular flexibility index (Phi) is 6.53. The molecule has 164 valence electrons. The molecular formula is C23H29ClO6. The topological polar surface area (TPSA) is 99.4 Å². The standard InChI is InChI=1S/C23H29ClO6/c1-2-12-3-5-13(6-4-12)9-14-10-16(22-15(18(14)24)7-8-29-22)23-21(28)20(27)19(26)17(11-25)30-23/h3,5-6,10,12,17,19-21,23,25-28H,2,4,7-9,11H2,1H3/t12?,17-,19-,20+,21-,23+/m1/s1. The van der Waals surface area contributed by atoms with Gasteiger partial charge in [-0.1, -0.05) is 36.8 Å². The lowest BCUT2D eigenvalue weighted by Crippen LogP contribution is -2.55. The molecule has 3 aliphatic rings. The number of benzene rings is 1. The summed E-state index contributed by atoms with van der Waals surface area (Å²) < 4.78 is 11.6. The van der Waals surface area contributed by atoms with Crippen LogP contribution < -0.4 is 4.74 Å². The summed E-state index contributed by atoms with van der Waals surface area (Å²) in [5.74, 6) is 1.13. The van der Waals surface area contributed by atoms with Gasteiger partial charge < -0.3 is 29.9 Å². The van der Waals surface area contributed by atoms with Crippen molar-refractivity contribution in [3.05, 3.63) is 51.6 Å². The lowest BCUT2D eigenvalue weighted by molar-refractivity contribution is -0.232. The predicted molar refractivity (Wildman–Crippen MR) is 113 cm³/mol. The van der Waals surface area contributed by atoms with E-state index >= 15 is 0 Å². The van der Waals surface area contributed by atoms with E-state index in [4.69, 9.17) is 21.1 Å². The Morgan fingerprint density at radius 3 is 2.63 bits per heavy atom. The second-order valence-electron chi connectivity index (χ2n) is 8.31. The summed E-state index contributed by atoms with van der Waals surface area (Å²) in [6, 6.07) is 1.86. The van der Waals surface area contributed by atoms with Crippen molar-refractivity contribution in [1.82, 2.24) is 0 Å². The predicted octanol–water partition coefficient (Wildman–Crippen LogP) is 2.24. The fourth-order valence-corrected chi connectivity index (χ4v) is 4.80. The van der Waals surface area contributed by atoms with Gasteiger partial charge in [0.15, 0.2) is 0 Å². The molecule has 0 spiro atoms. The minimum absolute atomic E-state index is 0.471. The third-order valence-corrected chi connectivity index (χ3v) is 6.87. The molecule has 4 rings (SSSR count). The summed E-state index contributed by atoms with van der Waals surface area (Å²) in [4.78, 5) is 0. The van der Waals surface area contributed by atoms with Gasteiger partial charge in [0.1, 0.15) is 36.3 Å². The maximum absolute atomic E-state index is 10.6. The van der Waals surface area contributed by atoms with Gasteiger partial charge in [0, 0.05) is 17.5 Å². The SMILES string of the molecule is CCC1C=CC(Cc2cc([C@@H]3O[C@H](CO)[C@@H](O)[C@H](O)[C@H]3O)c3c(c2Cl)CCO3)=CC1. The van der Waals surface area contributed by atoms with Gasteiger partial charge in [0.05, 0.1) is 18.2 Å². The molecule has 1 aliphatic carbocycles. The molecule has 0 amide bonds. The maximum atomic E-state index is 10.6. The van der Waals surface area contributed by atoms with Crippen LogP contribution in [0.2, 0.25) is 5.02 Å². The summed E-state index contributed by atoms with van der Waals surface area (Å²) in [7, 11) is 0. The average molecular weight is 437 g/mol. The Labute approximate surface area is 181 Å². The molecule has 6 atom stereocenters. The quantitative estimate of drug-likeness (QED) is 0.565. The van der Waals surface area contributed by atoms with Crippen LogP contribution >= 0.6 is 11.6 Å². The van der Waals surface area contributed by atoms with E-state index in [1.807, 2.05) is 6.07 Å². The Balaban J connectivity index is 1.69. The number of allylic oxidation sites excluding steroid dienone is 4. The minimum atomic E-state index is -1.44. The van der Waals surface area contributed by atoms with E-state index in [9.17, 15) is 20.4 Å². The van der Waals surface area contributed by atoms with Gasteiger partial charge in [0.25, 0.3) is 0 Å². The van der Waals surface area contributed by atoms with Crippen LogP contribution in [0.15, 0.2) is 29.9 Å². The third-order valence-electron chi connectivity index (χ3n) is 6.39. The maximum Gasteiger partial charge on any atom is 0.130 e. The van der Waals surface area contributed by atoms with Crippen molar-refractivity contribution < 1.29 is 29.9 Å². The molecule has 0 radical (unpaired) electrons. The van der Waals surface area contributed by atoms with Crippen molar-refractivity contribution in [1.29, 1.82) is 0 Å². The van der Waals surface area contributed by atoms with Crippen LogP contribution in [0.1, 0.15) is 42.6 Å². The molecule has 0 aromatic heterocycles. The molecule has 2 aliphatic heterocycles. The molecule has 1 fully saturated rings. The second kappa shape index (κ2) is 8.99. The number of aliphatic hydroxyl groups excluding tert-OH is 4. The molecular weight excluding hydrogens is 408 g/mol. The van der Waals surface area contributed by atoms with Crippen LogP contribution in [0.4, 0.5) is 0 Å². The molecule has 7 heteroatoms. The smallest absolute Gasteiger partial charge is 0.130 e. The zero-order chi connectivity index (χ0) is 21.4. The largest absolute Gasteiger partial charge is 0.493 e. The Hall–Kier alpha value is -1.41. The summed E-state index contributed by atoms with van der Waals surface area (Å²) in [6.07, 6.45) is 3.92. The van der Waals surface area contributed by atoms with Crippen LogP contribution in [0.5, 0.6) is 5.75 Å². The highest BCUT2D eigenvalue weighted by Gasteiger charge is 2.45. The molecule has 1 saturated heterocycles. The van der Waals surface area contributed by atoms with Gasteiger partial charge in [-0.3, -0.25) is 0 Å². The summed E-state index contributed by atoms with van der Waals surface area (Å²) in [6.45, 7) is 2.18. The van der Waals surface area contributed by atoms with E-state index < -0.39 is 37.1 Å². The van der Waals surface area contributed by atoms with Crippen molar-refractivity contribution in [2.45, 2.75) is 63.1 Å². The van der Waals surface area contributed by atoms with Gasteiger partial charge in [-0.2, -0.15) is 0 Å². The van der Waals surface area contributed by atoms with E-state index in [1.54, 1.807) is 0 Å². The average Bonchev–Trinajstić information content (AvgIpc) is 3.26. The van der Waals surface area contributed by atoms with Crippen LogP contribution in [-0.4, -0.2) is 58.1 Å². The first kappa shape index (κ1) is 21.8. The highest BCUT2D eigenvalue weighted by molar-refractivity contribution is 6.32. The Morgan fingerprint density at radius 1 is 1.17 bits per heavy atom. The molecule has 1 aromatic rings. The van der Waals surface area contributed by atoms with Crippen molar-refractivity contribution in [3.63, 3.8) is 0 Å². The number of hydrogen-bond acceptors (Lipinski definition) is 6. The highest BCUT2D eigenvalue weighted by atomic mass is 35.5. The number of rotatable bonds is 5. The lowest BCUT2D eigenvalue weighted by Gasteiger charge is -2.40. The van der Waals surface area contributed by atoms with Crippen LogP contribution in [0, 0.1) is 5.92 Å². The van der Waals surface area contributed by atoms with Gasteiger partial charge >= 0.3 is 0 Å². The molecule has 1 aromatic carbocycles. The van der Waals surface area contributed by atoms with E-state index in [2.05, 4.69) is 25.2 Å². The van der Waals surface area contributed by atoms with Gasteiger partial charge in [-0.05, 0) is 42.4 Å². The summed E-state index contributed by atoms with van der Waals surface area (Å²) in [5, 5.41) is 41.2. The monoisotopic (exact) mass is 436 g/mol. The highest BCUT2D eigenvalue weighted by Crippen LogP contribution is 2.45. The van der Waals surface area contributed by atoms with Gasteiger partial charge in [0.2, 0.25) is 0 Å². The zero-order valence-corrected chi connectivity index (χ0v) is 17.8. The molecule has 2 heterocycles. The molecule has 4 N–H and O–H groups in total. The van der Waals surface area contributed by atoms with Crippen LogP contribution in [-0.2, 0) is 17.6 Å². The number of hydrogen-bond donors (Lipinski definition) is 4.